The molecule has 1 unspecified atom stereocenters. The number of carbonyl (C=O) groups excluding carboxylic acids is 1. The van der Waals surface area contributed by atoms with Gasteiger partial charge < -0.3 is 9.88 Å². The third-order valence-electron chi connectivity index (χ3n) is 4.43. The predicted molar refractivity (Wildman–Crippen MR) is 86.7 cm³/mol. The van der Waals surface area contributed by atoms with E-state index in [-0.39, 0.29) is 11.9 Å². The minimum Gasteiger partial charge on any atom is -0.348 e. The van der Waals surface area contributed by atoms with Crippen molar-refractivity contribution in [1.29, 1.82) is 0 Å². The molecule has 8 nitrogen and oxygen atoms in total. The Bertz CT molecular complexity index is 888. The summed E-state index contributed by atoms with van der Waals surface area (Å²) in [6, 6.07) is 3.79. The average Bonchev–Trinajstić information content (AvgIpc) is 3.12. The Kier molecular flexibility index (Phi) is 3.51. The van der Waals surface area contributed by atoms with Gasteiger partial charge in [0.2, 0.25) is 0 Å². The molecule has 0 fully saturated rings. The molecule has 0 aromatic carbocycles. The number of hydrogen-bond acceptors (Lipinski definition) is 5. The Hall–Kier alpha value is -2.77. The van der Waals surface area contributed by atoms with Crippen molar-refractivity contribution in [2.45, 2.75) is 45.7 Å². The van der Waals surface area contributed by atoms with Gasteiger partial charge in [-0.3, -0.25) is 4.79 Å². The molecule has 4 heterocycles. The fourth-order valence-corrected chi connectivity index (χ4v) is 3.20. The first-order valence-corrected chi connectivity index (χ1v) is 8.12. The van der Waals surface area contributed by atoms with Gasteiger partial charge in [-0.05, 0) is 32.8 Å². The van der Waals surface area contributed by atoms with Crippen LogP contribution in [0, 0.1) is 13.8 Å². The van der Waals surface area contributed by atoms with Gasteiger partial charge in [-0.1, -0.05) is 0 Å². The molecule has 0 bridgehead atoms. The van der Waals surface area contributed by atoms with Crippen LogP contribution < -0.4 is 5.32 Å². The van der Waals surface area contributed by atoms with E-state index >= 15 is 0 Å². The van der Waals surface area contributed by atoms with Crippen LogP contribution >= 0.6 is 0 Å². The fraction of sp³-hybridized carbons (Fsp3) is 0.438. The molecule has 1 N–H and O–H groups in total. The molecule has 0 spiro atoms. The highest BCUT2D eigenvalue weighted by Gasteiger charge is 2.21. The molecule has 1 aliphatic rings. The van der Waals surface area contributed by atoms with E-state index in [2.05, 4.69) is 25.6 Å². The van der Waals surface area contributed by atoms with Crippen molar-refractivity contribution in [2.24, 2.45) is 0 Å². The van der Waals surface area contributed by atoms with Gasteiger partial charge in [-0.25, -0.2) is 9.50 Å². The Morgan fingerprint density at radius 3 is 3.04 bits per heavy atom. The van der Waals surface area contributed by atoms with Crippen LogP contribution in [0.5, 0.6) is 0 Å². The number of aryl methyl sites for hydroxylation is 4. The van der Waals surface area contributed by atoms with Gasteiger partial charge in [0.15, 0.2) is 11.3 Å². The summed E-state index contributed by atoms with van der Waals surface area (Å²) in [5, 5.41) is 15.5. The highest BCUT2D eigenvalue weighted by molar-refractivity contribution is 5.93. The lowest BCUT2D eigenvalue weighted by Crippen LogP contribution is -2.35. The minimum atomic E-state index is -0.153. The van der Waals surface area contributed by atoms with E-state index in [1.54, 1.807) is 16.9 Å². The van der Waals surface area contributed by atoms with Crippen molar-refractivity contribution in [3.8, 4) is 0 Å². The van der Waals surface area contributed by atoms with E-state index in [0.29, 0.717) is 11.3 Å². The molecule has 0 saturated carbocycles. The number of nitrogens with zero attached hydrogens (tertiary/aromatic N) is 6. The van der Waals surface area contributed by atoms with Crippen LogP contribution in [0.1, 0.15) is 40.5 Å². The Labute approximate surface area is 138 Å². The number of hydrogen-bond donors (Lipinski definition) is 1. The largest absolute Gasteiger partial charge is 0.348 e. The lowest BCUT2D eigenvalue weighted by atomic mass is 10.1. The van der Waals surface area contributed by atoms with Crippen LogP contribution in [-0.4, -0.2) is 41.3 Å². The zero-order valence-electron chi connectivity index (χ0n) is 13.7. The SMILES string of the molecule is Cc1cc(C)n2nc(C(=O)NC3CCc4nncn4CC3)cc2n1. The van der Waals surface area contributed by atoms with Crippen LogP contribution in [0.25, 0.3) is 5.65 Å². The second-order valence-electron chi connectivity index (χ2n) is 6.28. The van der Waals surface area contributed by atoms with Crippen molar-refractivity contribution < 1.29 is 4.79 Å². The van der Waals surface area contributed by atoms with Gasteiger partial charge in [-0.2, -0.15) is 5.10 Å². The maximum absolute atomic E-state index is 12.6. The van der Waals surface area contributed by atoms with Crippen molar-refractivity contribution >= 4 is 11.6 Å². The molecule has 1 atom stereocenters. The summed E-state index contributed by atoms with van der Waals surface area (Å²) in [4.78, 5) is 17.0. The van der Waals surface area contributed by atoms with E-state index in [0.717, 1.165) is 43.0 Å². The molecular formula is C16H19N7O. The summed E-state index contributed by atoms with van der Waals surface area (Å²) in [5.41, 5.74) is 2.98. The summed E-state index contributed by atoms with van der Waals surface area (Å²) < 4.78 is 3.75. The number of amides is 1. The fourth-order valence-electron chi connectivity index (χ4n) is 3.20. The first-order chi connectivity index (χ1) is 11.6. The van der Waals surface area contributed by atoms with E-state index in [9.17, 15) is 4.79 Å². The predicted octanol–water partition coefficient (Wildman–Crippen LogP) is 1.07. The van der Waals surface area contributed by atoms with Gasteiger partial charge >= 0.3 is 0 Å². The van der Waals surface area contributed by atoms with Crippen molar-refractivity contribution in [3.05, 3.63) is 41.4 Å². The van der Waals surface area contributed by atoms with Gasteiger partial charge in [0.05, 0.1) is 0 Å². The molecule has 1 amide bonds. The number of carbonyl (C=O) groups is 1. The van der Waals surface area contributed by atoms with Gasteiger partial charge in [-0.15, -0.1) is 10.2 Å². The first kappa shape index (κ1) is 14.8. The molecule has 4 rings (SSSR count). The summed E-state index contributed by atoms with van der Waals surface area (Å²) in [6.45, 7) is 4.71. The minimum absolute atomic E-state index is 0.111. The van der Waals surface area contributed by atoms with E-state index in [4.69, 9.17) is 0 Å². The molecule has 3 aromatic heterocycles. The third-order valence-corrected chi connectivity index (χ3v) is 4.43. The van der Waals surface area contributed by atoms with Gasteiger partial charge in [0.1, 0.15) is 12.2 Å². The smallest absolute Gasteiger partial charge is 0.272 e. The number of nitrogens with one attached hydrogen (secondary N) is 1. The molecule has 3 aromatic rings. The lowest BCUT2D eigenvalue weighted by Gasteiger charge is -2.14. The molecule has 8 heteroatoms. The first-order valence-electron chi connectivity index (χ1n) is 8.12. The summed E-state index contributed by atoms with van der Waals surface area (Å²) in [5.74, 6) is 0.829. The second-order valence-corrected chi connectivity index (χ2v) is 6.28. The number of aromatic nitrogens is 6. The Morgan fingerprint density at radius 1 is 1.29 bits per heavy atom. The molecule has 0 radical (unpaired) electrons. The number of rotatable bonds is 2. The van der Waals surface area contributed by atoms with Crippen molar-refractivity contribution in [2.75, 3.05) is 0 Å². The highest BCUT2D eigenvalue weighted by atomic mass is 16.2. The average molecular weight is 325 g/mol. The zero-order chi connectivity index (χ0) is 16.7. The molecule has 24 heavy (non-hydrogen) atoms. The van der Waals surface area contributed by atoms with E-state index in [1.165, 1.54) is 0 Å². The summed E-state index contributed by atoms with van der Waals surface area (Å²) in [7, 11) is 0. The second kappa shape index (κ2) is 5.70. The third kappa shape index (κ3) is 2.64. The van der Waals surface area contributed by atoms with Crippen LogP contribution in [0.2, 0.25) is 0 Å². The van der Waals surface area contributed by atoms with Crippen LogP contribution in [-0.2, 0) is 13.0 Å². The maximum Gasteiger partial charge on any atom is 0.272 e. The Balaban J connectivity index is 1.50. The topological polar surface area (TPSA) is 90.0 Å². The monoisotopic (exact) mass is 325 g/mol. The summed E-state index contributed by atoms with van der Waals surface area (Å²) in [6.07, 6.45) is 4.28. The van der Waals surface area contributed by atoms with E-state index < -0.39 is 0 Å². The van der Waals surface area contributed by atoms with Crippen LogP contribution in [0.15, 0.2) is 18.5 Å². The molecule has 124 valence electrons. The Morgan fingerprint density at radius 2 is 2.17 bits per heavy atom. The lowest BCUT2D eigenvalue weighted by molar-refractivity contribution is 0.0927. The molecular weight excluding hydrogens is 306 g/mol. The zero-order valence-corrected chi connectivity index (χ0v) is 13.7. The van der Waals surface area contributed by atoms with Crippen LogP contribution in [0.4, 0.5) is 0 Å². The van der Waals surface area contributed by atoms with Gasteiger partial charge in [0.25, 0.3) is 5.91 Å². The van der Waals surface area contributed by atoms with Gasteiger partial charge in [0, 0.05) is 36.5 Å². The molecule has 0 saturated heterocycles. The quantitative estimate of drug-likeness (QED) is 0.761. The standard InChI is InChI=1S/C16H19N7O/c1-10-7-11(2)23-15(18-10)8-13(21-23)16(24)19-12-3-4-14-20-17-9-22(14)6-5-12/h7-9,12H,3-6H2,1-2H3,(H,19,24). The van der Waals surface area contributed by atoms with Crippen molar-refractivity contribution in [3.63, 3.8) is 0 Å². The number of fused-ring (bicyclic) bond motifs is 2. The molecule has 0 aliphatic carbocycles. The van der Waals surface area contributed by atoms with E-state index in [1.807, 2.05) is 24.5 Å². The normalized spacial score (nSPS) is 17.5. The highest BCUT2D eigenvalue weighted by Crippen LogP contribution is 2.14. The molecule has 1 aliphatic heterocycles. The van der Waals surface area contributed by atoms with Crippen molar-refractivity contribution in [1.82, 2.24) is 34.7 Å². The summed E-state index contributed by atoms with van der Waals surface area (Å²) >= 11 is 0. The van der Waals surface area contributed by atoms with Crippen LogP contribution in [0.3, 0.4) is 0 Å². The maximum atomic E-state index is 12.6.